The predicted molar refractivity (Wildman–Crippen MR) is 124 cm³/mol. The summed E-state index contributed by atoms with van der Waals surface area (Å²) in [6, 6.07) is 7.63. The topological polar surface area (TPSA) is 50.8 Å². The molecule has 1 aromatic rings. The molecule has 1 aliphatic rings. The zero-order valence-corrected chi connectivity index (χ0v) is 19.9. The minimum absolute atomic E-state index is 0.0911. The number of rotatable bonds is 11. The van der Waals surface area contributed by atoms with E-state index in [1.54, 1.807) is 0 Å². The highest BCUT2D eigenvalue weighted by atomic mass is 16.5. The molecule has 0 unspecified atom stereocenters. The first-order valence-electron chi connectivity index (χ1n) is 11.6. The van der Waals surface area contributed by atoms with E-state index >= 15 is 0 Å². The summed E-state index contributed by atoms with van der Waals surface area (Å²) in [6.07, 6.45) is 2.90. The standard InChI is InChI=1S/C25H42N2O3/c1-7-13-30-25(6,16-19(2)3)24(28)26-22-8-10-23(11-9-22)29-14-12-27-17-20(4)15-21(5)18-27/h8-11,19-21H,7,12-18H2,1-6H3,(H,26,28)/t20-,21+,25-/m1/s1. The number of hydrogen-bond donors (Lipinski definition) is 1. The zero-order valence-electron chi connectivity index (χ0n) is 19.9. The Morgan fingerprint density at radius 2 is 1.80 bits per heavy atom. The summed E-state index contributed by atoms with van der Waals surface area (Å²) in [5.74, 6) is 2.64. The molecule has 0 bridgehead atoms. The predicted octanol–water partition coefficient (Wildman–Crippen LogP) is 5.21. The molecule has 30 heavy (non-hydrogen) atoms. The van der Waals surface area contributed by atoms with Crippen LogP contribution in [0.5, 0.6) is 5.75 Å². The number of likely N-dealkylation sites (tertiary alicyclic amines) is 1. The number of anilines is 1. The van der Waals surface area contributed by atoms with E-state index < -0.39 is 5.60 Å². The highest BCUT2D eigenvalue weighted by Crippen LogP contribution is 2.25. The van der Waals surface area contributed by atoms with E-state index in [1.165, 1.54) is 6.42 Å². The molecular formula is C25H42N2O3. The SMILES string of the molecule is CCCO[C@](C)(CC(C)C)C(=O)Nc1ccc(OCCN2C[C@H](C)C[C@H](C)C2)cc1. The zero-order chi connectivity index (χ0) is 22.1. The first-order chi connectivity index (χ1) is 14.2. The second-order valence-corrected chi connectivity index (χ2v) is 9.71. The minimum Gasteiger partial charge on any atom is -0.492 e. The molecule has 2 rings (SSSR count). The number of carbonyl (C=O) groups is 1. The van der Waals surface area contributed by atoms with E-state index in [-0.39, 0.29) is 5.91 Å². The summed E-state index contributed by atoms with van der Waals surface area (Å²) >= 11 is 0. The van der Waals surface area contributed by atoms with Crippen molar-refractivity contribution in [2.24, 2.45) is 17.8 Å². The van der Waals surface area contributed by atoms with Gasteiger partial charge in [0.05, 0.1) is 0 Å². The van der Waals surface area contributed by atoms with Gasteiger partial charge in [0, 0.05) is 31.9 Å². The molecule has 1 fully saturated rings. The fourth-order valence-electron chi connectivity index (χ4n) is 4.49. The summed E-state index contributed by atoms with van der Waals surface area (Å²) in [6.45, 7) is 17.4. The molecule has 1 aromatic carbocycles. The van der Waals surface area contributed by atoms with Gasteiger partial charge in [-0.25, -0.2) is 0 Å². The number of nitrogens with one attached hydrogen (secondary N) is 1. The van der Waals surface area contributed by atoms with Gasteiger partial charge in [-0.1, -0.05) is 34.6 Å². The first kappa shape index (κ1) is 24.7. The third kappa shape index (κ3) is 7.92. The molecule has 1 aliphatic heterocycles. The van der Waals surface area contributed by atoms with Crippen molar-refractivity contribution in [2.75, 3.05) is 38.2 Å². The van der Waals surface area contributed by atoms with Crippen LogP contribution in [-0.2, 0) is 9.53 Å². The number of nitrogens with zero attached hydrogens (tertiary/aromatic N) is 1. The number of piperidine rings is 1. The number of ether oxygens (including phenoxy) is 2. The van der Waals surface area contributed by atoms with E-state index in [0.29, 0.717) is 25.6 Å². The van der Waals surface area contributed by atoms with E-state index in [2.05, 4.69) is 44.8 Å². The molecule has 1 heterocycles. The van der Waals surface area contributed by atoms with Gasteiger partial charge in [0.15, 0.2) is 0 Å². The van der Waals surface area contributed by atoms with Crippen molar-refractivity contribution in [1.29, 1.82) is 0 Å². The molecule has 1 N–H and O–H groups in total. The molecule has 0 saturated carbocycles. The Kier molecular flexibility index (Phi) is 9.63. The summed E-state index contributed by atoms with van der Waals surface area (Å²) in [5, 5.41) is 3.01. The van der Waals surface area contributed by atoms with E-state index in [9.17, 15) is 4.79 Å². The summed E-state index contributed by atoms with van der Waals surface area (Å²) in [5.41, 5.74) is -0.0525. The molecule has 0 aliphatic carbocycles. The molecule has 0 spiro atoms. The smallest absolute Gasteiger partial charge is 0.256 e. The van der Waals surface area contributed by atoms with E-state index in [4.69, 9.17) is 9.47 Å². The first-order valence-corrected chi connectivity index (χ1v) is 11.6. The van der Waals surface area contributed by atoms with E-state index in [0.717, 1.165) is 49.3 Å². The molecule has 0 aromatic heterocycles. The van der Waals surface area contributed by atoms with Gasteiger partial charge in [0.1, 0.15) is 18.0 Å². The van der Waals surface area contributed by atoms with Crippen molar-refractivity contribution in [1.82, 2.24) is 4.90 Å². The summed E-state index contributed by atoms with van der Waals surface area (Å²) < 4.78 is 11.9. The van der Waals surface area contributed by atoms with Crippen LogP contribution in [-0.4, -0.2) is 49.3 Å². The molecule has 3 atom stereocenters. The van der Waals surface area contributed by atoms with Crippen molar-refractivity contribution < 1.29 is 14.3 Å². The number of benzene rings is 1. The monoisotopic (exact) mass is 418 g/mol. The van der Waals surface area contributed by atoms with Crippen LogP contribution in [0.4, 0.5) is 5.69 Å². The van der Waals surface area contributed by atoms with Gasteiger partial charge >= 0.3 is 0 Å². The van der Waals surface area contributed by atoms with Crippen LogP contribution in [0, 0.1) is 17.8 Å². The molecule has 1 saturated heterocycles. The maximum absolute atomic E-state index is 12.9. The lowest BCUT2D eigenvalue weighted by molar-refractivity contribution is -0.141. The quantitative estimate of drug-likeness (QED) is 0.536. The third-order valence-corrected chi connectivity index (χ3v) is 5.64. The van der Waals surface area contributed by atoms with Crippen LogP contribution in [0.2, 0.25) is 0 Å². The highest BCUT2D eigenvalue weighted by molar-refractivity contribution is 5.97. The van der Waals surface area contributed by atoms with Crippen LogP contribution in [0.3, 0.4) is 0 Å². The Morgan fingerprint density at radius 3 is 2.37 bits per heavy atom. The van der Waals surface area contributed by atoms with Gasteiger partial charge in [-0.05, 0) is 68.2 Å². The fraction of sp³-hybridized carbons (Fsp3) is 0.720. The number of carbonyl (C=O) groups excluding carboxylic acids is 1. The van der Waals surface area contributed by atoms with Crippen molar-refractivity contribution in [3.63, 3.8) is 0 Å². The Balaban J connectivity index is 1.84. The molecule has 170 valence electrons. The van der Waals surface area contributed by atoms with Gasteiger partial charge in [-0.2, -0.15) is 0 Å². The largest absolute Gasteiger partial charge is 0.492 e. The van der Waals surface area contributed by atoms with Crippen LogP contribution in [0.15, 0.2) is 24.3 Å². The lowest BCUT2D eigenvalue weighted by Gasteiger charge is -2.34. The Morgan fingerprint density at radius 1 is 1.17 bits per heavy atom. The van der Waals surface area contributed by atoms with Crippen LogP contribution in [0.25, 0.3) is 0 Å². The Labute approximate surface area is 183 Å². The van der Waals surface area contributed by atoms with Gasteiger partial charge in [-0.3, -0.25) is 9.69 Å². The average molecular weight is 419 g/mol. The third-order valence-electron chi connectivity index (χ3n) is 5.64. The maximum atomic E-state index is 12.9. The highest BCUT2D eigenvalue weighted by Gasteiger charge is 2.35. The second-order valence-electron chi connectivity index (χ2n) is 9.71. The molecule has 5 heteroatoms. The van der Waals surface area contributed by atoms with Crippen LogP contribution < -0.4 is 10.1 Å². The van der Waals surface area contributed by atoms with E-state index in [1.807, 2.05) is 31.2 Å². The second kappa shape index (κ2) is 11.7. The Hall–Kier alpha value is -1.59. The van der Waals surface area contributed by atoms with Crippen molar-refractivity contribution in [2.45, 2.75) is 66.4 Å². The molecular weight excluding hydrogens is 376 g/mol. The van der Waals surface area contributed by atoms with Gasteiger partial charge < -0.3 is 14.8 Å². The lowest BCUT2D eigenvalue weighted by atomic mass is 9.92. The summed E-state index contributed by atoms with van der Waals surface area (Å²) in [7, 11) is 0. The van der Waals surface area contributed by atoms with Crippen molar-refractivity contribution in [3.05, 3.63) is 24.3 Å². The van der Waals surface area contributed by atoms with Gasteiger partial charge in [-0.15, -0.1) is 0 Å². The van der Waals surface area contributed by atoms with Crippen LogP contribution in [0.1, 0.15) is 60.8 Å². The van der Waals surface area contributed by atoms with Gasteiger partial charge in [0.2, 0.25) is 0 Å². The molecule has 1 amide bonds. The Bertz CT molecular complexity index is 636. The van der Waals surface area contributed by atoms with Crippen molar-refractivity contribution >= 4 is 11.6 Å². The molecule has 0 radical (unpaired) electrons. The number of hydrogen-bond acceptors (Lipinski definition) is 4. The fourth-order valence-corrected chi connectivity index (χ4v) is 4.49. The maximum Gasteiger partial charge on any atom is 0.256 e. The summed E-state index contributed by atoms with van der Waals surface area (Å²) in [4.78, 5) is 15.4. The normalized spacial score (nSPS) is 22.0. The van der Waals surface area contributed by atoms with Crippen molar-refractivity contribution in [3.8, 4) is 5.75 Å². The molecule has 5 nitrogen and oxygen atoms in total. The van der Waals surface area contributed by atoms with Gasteiger partial charge in [0.25, 0.3) is 5.91 Å². The average Bonchev–Trinajstić information content (AvgIpc) is 2.66. The lowest BCUT2D eigenvalue weighted by Crippen LogP contribution is -2.44. The van der Waals surface area contributed by atoms with Crippen LogP contribution >= 0.6 is 0 Å². The number of amides is 1. The minimum atomic E-state index is -0.817.